The summed E-state index contributed by atoms with van der Waals surface area (Å²) in [5, 5.41) is 4.61. The smallest absolute Gasteiger partial charge is 0.0506 e. The third kappa shape index (κ3) is 3.25. The second kappa shape index (κ2) is 6.84. The Morgan fingerprint density at radius 1 is 1.35 bits per heavy atom. The molecule has 2 rings (SSSR count). The van der Waals surface area contributed by atoms with Gasteiger partial charge in [0.1, 0.15) is 0 Å². The standard InChI is InChI=1S/C16H24ClIN2/c1-4-13-10-19-16(5-2,6-3)11-20(13)15-8-7-12(17)9-14(15)18/h7-9,13,19H,4-6,10-11H2,1-3H3. The predicted molar refractivity (Wildman–Crippen MR) is 96.9 cm³/mol. The third-order valence-electron chi connectivity index (χ3n) is 4.67. The van der Waals surface area contributed by atoms with Crippen LogP contribution in [0.2, 0.25) is 5.02 Å². The molecule has 0 amide bonds. The van der Waals surface area contributed by atoms with Crippen molar-refractivity contribution >= 4 is 39.9 Å². The van der Waals surface area contributed by atoms with E-state index in [9.17, 15) is 0 Å². The van der Waals surface area contributed by atoms with Crippen molar-refractivity contribution in [1.29, 1.82) is 0 Å². The molecule has 112 valence electrons. The maximum absolute atomic E-state index is 6.10. The van der Waals surface area contributed by atoms with E-state index < -0.39 is 0 Å². The van der Waals surface area contributed by atoms with Crippen molar-refractivity contribution in [3.8, 4) is 0 Å². The van der Waals surface area contributed by atoms with Crippen LogP contribution in [0.4, 0.5) is 5.69 Å². The predicted octanol–water partition coefficient (Wildman–Crippen LogP) is 4.69. The molecule has 0 bridgehead atoms. The van der Waals surface area contributed by atoms with E-state index in [2.05, 4.69) is 65.7 Å². The summed E-state index contributed by atoms with van der Waals surface area (Å²) in [5.41, 5.74) is 1.57. The molecule has 0 radical (unpaired) electrons. The summed E-state index contributed by atoms with van der Waals surface area (Å²) in [6.07, 6.45) is 3.50. The number of hydrogen-bond donors (Lipinski definition) is 1. The Morgan fingerprint density at radius 3 is 2.60 bits per heavy atom. The Balaban J connectivity index is 2.33. The lowest BCUT2D eigenvalue weighted by molar-refractivity contribution is 0.246. The Bertz CT molecular complexity index is 460. The van der Waals surface area contributed by atoms with Crippen LogP contribution in [0.1, 0.15) is 40.0 Å². The van der Waals surface area contributed by atoms with Gasteiger partial charge >= 0.3 is 0 Å². The molecule has 4 heteroatoms. The first-order valence-corrected chi connectivity index (χ1v) is 8.97. The largest absolute Gasteiger partial charge is 0.365 e. The van der Waals surface area contributed by atoms with Crippen LogP contribution in [-0.2, 0) is 0 Å². The van der Waals surface area contributed by atoms with Gasteiger partial charge in [0.25, 0.3) is 0 Å². The van der Waals surface area contributed by atoms with Gasteiger partial charge in [0, 0.05) is 33.3 Å². The van der Waals surface area contributed by atoms with E-state index >= 15 is 0 Å². The van der Waals surface area contributed by atoms with Crippen LogP contribution in [-0.4, -0.2) is 24.7 Å². The normalized spacial score (nSPS) is 22.1. The molecule has 0 saturated carbocycles. The average molecular weight is 407 g/mol. The van der Waals surface area contributed by atoms with Crippen LogP contribution >= 0.6 is 34.2 Å². The van der Waals surface area contributed by atoms with Crippen LogP contribution < -0.4 is 10.2 Å². The zero-order valence-corrected chi connectivity index (χ0v) is 15.5. The van der Waals surface area contributed by atoms with E-state index in [-0.39, 0.29) is 5.54 Å². The molecule has 0 aliphatic carbocycles. The van der Waals surface area contributed by atoms with Gasteiger partial charge < -0.3 is 10.2 Å². The average Bonchev–Trinajstić information content (AvgIpc) is 2.46. The zero-order chi connectivity index (χ0) is 14.8. The third-order valence-corrected chi connectivity index (χ3v) is 5.77. The second-order valence-electron chi connectivity index (χ2n) is 5.65. The van der Waals surface area contributed by atoms with E-state index in [1.54, 1.807) is 0 Å². The summed E-state index contributed by atoms with van der Waals surface area (Å²) < 4.78 is 1.25. The van der Waals surface area contributed by atoms with Gasteiger partial charge in [-0.1, -0.05) is 32.4 Å². The number of anilines is 1. The van der Waals surface area contributed by atoms with Crippen molar-refractivity contribution in [3.05, 3.63) is 26.8 Å². The van der Waals surface area contributed by atoms with Gasteiger partial charge in [-0.15, -0.1) is 0 Å². The van der Waals surface area contributed by atoms with Crippen LogP contribution in [0.15, 0.2) is 18.2 Å². The van der Waals surface area contributed by atoms with Gasteiger partial charge in [0.05, 0.1) is 5.69 Å². The molecule has 1 aromatic carbocycles. The van der Waals surface area contributed by atoms with E-state index in [0.29, 0.717) is 6.04 Å². The molecule has 1 aromatic rings. The van der Waals surface area contributed by atoms with Crippen molar-refractivity contribution < 1.29 is 0 Å². The van der Waals surface area contributed by atoms with Crippen molar-refractivity contribution in [3.63, 3.8) is 0 Å². The fraction of sp³-hybridized carbons (Fsp3) is 0.625. The summed E-state index contributed by atoms with van der Waals surface area (Å²) in [6, 6.07) is 6.81. The number of hydrogen-bond acceptors (Lipinski definition) is 2. The Labute approximate surface area is 141 Å². The van der Waals surface area contributed by atoms with Gasteiger partial charge in [-0.25, -0.2) is 0 Å². The van der Waals surface area contributed by atoms with Crippen LogP contribution in [0.25, 0.3) is 0 Å². The topological polar surface area (TPSA) is 15.3 Å². The number of benzene rings is 1. The minimum Gasteiger partial charge on any atom is -0.365 e. The number of rotatable bonds is 4. The van der Waals surface area contributed by atoms with Gasteiger partial charge in [-0.2, -0.15) is 0 Å². The van der Waals surface area contributed by atoms with E-state index in [1.807, 2.05) is 6.07 Å². The van der Waals surface area contributed by atoms with Gasteiger partial charge in [0.15, 0.2) is 0 Å². The Hall–Kier alpha value is -0.000000000000000111. The molecule has 0 aromatic heterocycles. The summed E-state index contributed by atoms with van der Waals surface area (Å²) in [7, 11) is 0. The lowest BCUT2D eigenvalue weighted by atomic mass is 9.87. The number of nitrogens with zero attached hydrogens (tertiary/aromatic N) is 1. The summed E-state index contributed by atoms with van der Waals surface area (Å²) in [5.74, 6) is 0. The first kappa shape index (κ1) is 16.4. The lowest BCUT2D eigenvalue weighted by Crippen LogP contribution is -2.64. The maximum Gasteiger partial charge on any atom is 0.0506 e. The monoisotopic (exact) mass is 406 g/mol. The minimum absolute atomic E-state index is 0.244. The molecule has 1 heterocycles. The van der Waals surface area contributed by atoms with Gasteiger partial charge in [0.2, 0.25) is 0 Å². The van der Waals surface area contributed by atoms with Crippen molar-refractivity contribution in [1.82, 2.24) is 5.32 Å². The first-order valence-electron chi connectivity index (χ1n) is 7.52. The highest BCUT2D eigenvalue weighted by Gasteiger charge is 2.36. The summed E-state index contributed by atoms with van der Waals surface area (Å²) in [4.78, 5) is 2.58. The quantitative estimate of drug-likeness (QED) is 0.730. The molecule has 20 heavy (non-hydrogen) atoms. The molecule has 1 aliphatic heterocycles. The van der Waals surface area contributed by atoms with Crippen molar-refractivity contribution in [2.45, 2.75) is 51.6 Å². The number of piperazine rings is 1. The van der Waals surface area contributed by atoms with E-state index in [1.165, 1.54) is 22.1 Å². The molecule has 1 unspecified atom stereocenters. The highest BCUT2D eigenvalue weighted by Crippen LogP contribution is 2.32. The molecule has 1 saturated heterocycles. The fourth-order valence-corrected chi connectivity index (χ4v) is 4.22. The molecule has 1 atom stereocenters. The minimum atomic E-state index is 0.244. The second-order valence-corrected chi connectivity index (χ2v) is 7.25. The fourth-order valence-electron chi connectivity index (χ4n) is 3.04. The Kier molecular flexibility index (Phi) is 5.60. The molecule has 2 nitrogen and oxygen atoms in total. The first-order chi connectivity index (χ1) is 9.55. The van der Waals surface area contributed by atoms with E-state index in [0.717, 1.165) is 24.5 Å². The molecule has 1 aliphatic rings. The SMILES string of the molecule is CCC1CNC(CC)(CC)CN1c1ccc(Cl)cc1I. The van der Waals surface area contributed by atoms with Crippen LogP contribution in [0.5, 0.6) is 0 Å². The van der Waals surface area contributed by atoms with Crippen molar-refractivity contribution in [2.75, 3.05) is 18.0 Å². The summed E-state index contributed by atoms with van der Waals surface area (Å²) >= 11 is 8.51. The zero-order valence-electron chi connectivity index (χ0n) is 12.5. The molecule has 1 fully saturated rings. The lowest BCUT2D eigenvalue weighted by Gasteiger charge is -2.48. The molecule has 0 spiro atoms. The molecular formula is C16H24ClIN2. The molecular weight excluding hydrogens is 383 g/mol. The van der Waals surface area contributed by atoms with Gasteiger partial charge in [-0.05, 0) is 60.1 Å². The van der Waals surface area contributed by atoms with Gasteiger partial charge in [-0.3, -0.25) is 0 Å². The Morgan fingerprint density at radius 2 is 2.05 bits per heavy atom. The maximum atomic E-state index is 6.10. The van der Waals surface area contributed by atoms with E-state index in [4.69, 9.17) is 11.6 Å². The summed E-state index contributed by atoms with van der Waals surface area (Å²) in [6.45, 7) is 8.99. The highest BCUT2D eigenvalue weighted by atomic mass is 127. The van der Waals surface area contributed by atoms with Crippen molar-refractivity contribution in [2.24, 2.45) is 0 Å². The number of halogens is 2. The highest BCUT2D eigenvalue weighted by molar-refractivity contribution is 14.1. The molecule has 1 N–H and O–H groups in total. The van der Waals surface area contributed by atoms with Crippen LogP contribution in [0.3, 0.4) is 0 Å². The van der Waals surface area contributed by atoms with Crippen LogP contribution in [0, 0.1) is 3.57 Å². The number of nitrogens with one attached hydrogen (secondary N) is 1.